The predicted molar refractivity (Wildman–Crippen MR) is 61.5 cm³/mol. The van der Waals surface area contributed by atoms with Crippen LogP contribution in [0.1, 0.15) is 48.5 Å². The first kappa shape index (κ1) is 12.5. The normalized spacial score (nSPS) is 13.5. The summed E-state index contributed by atoms with van der Waals surface area (Å²) in [6, 6.07) is 0. The van der Waals surface area contributed by atoms with Crippen LogP contribution in [0.15, 0.2) is 0 Å². The first-order valence-corrected chi connectivity index (χ1v) is 10.5. The zero-order valence-electron chi connectivity index (χ0n) is 9.94. The monoisotopic (exact) mass is 232 g/mol. The molecule has 0 fully saturated rings. The van der Waals surface area contributed by atoms with Gasteiger partial charge < -0.3 is 0 Å². The van der Waals surface area contributed by atoms with Crippen LogP contribution in [0.4, 0.5) is 0 Å². The Labute approximate surface area is 81.5 Å². The van der Waals surface area contributed by atoms with E-state index in [9.17, 15) is 0 Å². The third kappa shape index (κ3) is 2.07. The van der Waals surface area contributed by atoms with Gasteiger partial charge >= 0.3 is 81.2 Å². The standard InChI is InChI=1S/C11H26Ge/c1-8-12(9(2)3,10(4)5)11(6)7/h9-11H,8H2,1-7H3. The van der Waals surface area contributed by atoms with Crippen molar-refractivity contribution >= 4 is 13.3 Å². The van der Waals surface area contributed by atoms with E-state index in [2.05, 4.69) is 48.5 Å². The second-order valence-electron chi connectivity index (χ2n) is 4.93. The van der Waals surface area contributed by atoms with E-state index in [1.807, 2.05) is 0 Å². The van der Waals surface area contributed by atoms with Crippen molar-refractivity contribution in [3.8, 4) is 0 Å². The molecule has 0 atom stereocenters. The summed E-state index contributed by atoms with van der Waals surface area (Å²) in [5, 5.41) is 1.49. The molecule has 0 heterocycles. The van der Waals surface area contributed by atoms with Gasteiger partial charge in [-0.1, -0.05) is 0 Å². The SMILES string of the molecule is C[CH2][Ge]([CH](C)C)([CH](C)C)[CH](C)C. The van der Waals surface area contributed by atoms with Gasteiger partial charge in [0, 0.05) is 0 Å². The van der Waals surface area contributed by atoms with Gasteiger partial charge in [-0.15, -0.1) is 0 Å². The summed E-state index contributed by atoms with van der Waals surface area (Å²) in [4.78, 5) is 0. The zero-order valence-corrected chi connectivity index (χ0v) is 12.0. The van der Waals surface area contributed by atoms with Crippen LogP contribution >= 0.6 is 0 Å². The van der Waals surface area contributed by atoms with Crippen molar-refractivity contribution in [3.63, 3.8) is 0 Å². The molecule has 0 bridgehead atoms. The first-order valence-electron chi connectivity index (χ1n) is 5.39. The summed E-state index contributed by atoms with van der Waals surface area (Å²) in [5.41, 5.74) is 0. The summed E-state index contributed by atoms with van der Waals surface area (Å²) in [7, 11) is 0. The molecule has 1 heteroatoms. The van der Waals surface area contributed by atoms with Crippen LogP contribution in [-0.4, -0.2) is 13.3 Å². The Morgan fingerprint density at radius 1 is 0.750 bits per heavy atom. The molecule has 0 amide bonds. The maximum atomic E-state index is 2.45. The molecule has 0 aliphatic heterocycles. The summed E-state index contributed by atoms with van der Waals surface area (Å²) in [6.07, 6.45) is 0. The number of hydrogen-bond donors (Lipinski definition) is 0. The fourth-order valence-corrected chi connectivity index (χ4v) is 16.8. The summed E-state index contributed by atoms with van der Waals surface area (Å²) in [6.45, 7) is 17.1. The summed E-state index contributed by atoms with van der Waals surface area (Å²) in [5.74, 6) is 0. The second kappa shape index (κ2) is 4.69. The molecule has 0 unspecified atom stereocenters. The zero-order chi connectivity index (χ0) is 9.94. The van der Waals surface area contributed by atoms with Crippen molar-refractivity contribution in [1.82, 2.24) is 0 Å². The van der Waals surface area contributed by atoms with E-state index >= 15 is 0 Å². The third-order valence-corrected chi connectivity index (χ3v) is 19.9. The Morgan fingerprint density at radius 2 is 1.00 bits per heavy atom. The van der Waals surface area contributed by atoms with Crippen molar-refractivity contribution in [2.45, 2.75) is 68.0 Å². The Balaban J connectivity index is 4.77. The fraction of sp³-hybridized carbons (Fsp3) is 1.00. The molecule has 0 saturated heterocycles. The van der Waals surface area contributed by atoms with Crippen molar-refractivity contribution in [3.05, 3.63) is 0 Å². The average Bonchev–Trinajstić information content (AvgIpc) is 1.86. The van der Waals surface area contributed by atoms with E-state index in [4.69, 9.17) is 0 Å². The van der Waals surface area contributed by atoms with Crippen LogP contribution in [0.3, 0.4) is 0 Å². The molecule has 0 N–H and O–H groups in total. The average molecular weight is 231 g/mol. The first-order chi connectivity index (χ1) is 5.39. The van der Waals surface area contributed by atoms with Crippen LogP contribution in [0, 0.1) is 0 Å². The van der Waals surface area contributed by atoms with Gasteiger partial charge in [-0.2, -0.15) is 0 Å². The molecule has 0 aliphatic rings. The molecule has 0 saturated carbocycles. The van der Waals surface area contributed by atoms with E-state index in [1.165, 1.54) is 5.25 Å². The van der Waals surface area contributed by atoms with Crippen LogP contribution in [-0.2, 0) is 0 Å². The molecule has 74 valence electrons. The summed E-state index contributed by atoms with van der Waals surface area (Å²) >= 11 is -1.54. The molecule has 0 aromatic rings. The van der Waals surface area contributed by atoms with Gasteiger partial charge in [0.15, 0.2) is 0 Å². The number of rotatable bonds is 4. The van der Waals surface area contributed by atoms with Gasteiger partial charge in [0.25, 0.3) is 0 Å². The minimum atomic E-state index is -1.54. The molecule has 0 aromatic heterocycles. The molecule has 0 nitrogen and oxygen atoms in total. The molecule has 0 radical (unpaired) electrons. The molecule has 0 aliphatic carbocycles. The second-order valence-corrected chi connectivity index (χ2v) is 18.3. The Morgan fingerprint density at radius 3 is 1.00 bits per heavy atom. The Hall–Kier alpha value is 0.543. The number of hydrogen-bond acceptors (Lipinski definition) is 0. The predicted octanol–water partition coefficient (Wildman–Crippen LogP) is 4.69. The van der Waals surface area contributed by atoms with Crippen molar-refractivity contribution in [2.24, 2.45) is 0 Å². The van der Waals surface area contributed by atoms with E-state index < -0.39 is 13.3 Å². The van der Waals surface area contributed by atoms with Gasteiger partial charge in [0.2, 0.25) is 0 Å². The van der Waals surface area contributed by atoms with Crippen LogP contribution in [0.5, 0.6) is 0 Å². The molecule has 0 rings (SSSR count). The van der Waals surface area contributed by atoms with Crippen molar-refractivity contribution < 1.29 is 0 Å². The van der Waals surface area contributed by atoms with Crippen molar-refractivity contribution in [2.75, 3.05) is 0 Å². The third-order valence-electron chi connectivity index (χ3n) is 3.84. The topological polar surface area (TPSA) is 0 Å². The van der Waals surface area contributed by atoms with Crippen LogP contribution in [0.2, 0.25) is 19.5 Å². The van der Waals surface area contributed by atoms with Gasteiger partial charge in [-0.25, -0.2) is 0 Å². The van der Waals surface area contributed by atoms with Gasteiger partial charge in [0.05, 0.1) is 0 Å². The minimum absolute atomic E-state index is 0.981. The molecule has 0 aromatic carbocycles. The summed E-state index contributed by atoms with van der Waals surface area (Å²) < 4.78 is 2.94. The van der Waals surface area contributed by atoms with E-state index in [0.717, 1.165) is 14.3 Å². The Bertz CT molecular complexity index is 103. The van der Waals surface area contributed by atoms with Gasteiger partial charge in [-0.3, -0.25) is 0 Å². The van der Waals surface area contributed by atoms with E-state index in [0.29, 0.717) is 0 Å². The van der Waals surface area contributed by atoms with Crippen molar-refractivity contribution in [1.29, 1.82) is 0 Å². The molecular formula is C11H26Ge. The van der Waals surface area contributed by atoms with E-state index in [1.54, 1.807) is 0 Å². The maximum absolute atomic E-state index is 2.45. The quantitative estimate of drug-likeness (QED) is 0.615. The van der Waals surface area contributed by atoms with Gasteiger partial charge in [-0.05, 0) is 0 Å². The van der Waals surface area contributed by atoms with Crippen LogP contribution < -0.4 is 0 Å². The van der Waals surface area contributed by atoms with Gasteiger partial charge in [0.1, 0.15) is 0 Å². The van der Waals surface area contributed by atoms with Crippen LogP contribution in [0.25, 0.3) is 0 Å². The van der Waals surface area contributed by atoms with E-state index in [-0.39, 0.29) is 0 Å². The fourth-order valence-electron chi connectivity index (χ4n) is 3.22. The molecular weight excluding hydrogens is 205 g/mol. The molecule has 0 spiro atoms. The Kier molecular flexibility index (Phi) is 4.90. The molecule has 12 heavy (non-hydrogen) atoms.